The van der Waals surface area contributed by atoms with Crippen LogP contribution >= 0.6 is 15.9 Å². The molecule has 0 aliphatic rings. The van der Waals surface area contributed by atoms with Crippen LogP contribution in [0.3, 0.4) is 0 Å². The van der Waals surface area contributed by atoms with Crippen molar-refractivity contribution < 1.29 is 19.1 Å². The minimum absolute atomic E-state index is 0.189. The highest BCUT2D eigenvalue weighted by atomic mass is 79.9. The average Bonchev–Trinajstić information content (AvgIpc) is 2.57. The number of carbonyl (C=O) groups is 2. The van der Waals surface area contributed by atoms with E-state index in [1.54, 1.807) is 48.5 Å². The smallest absolute Gasteiger partial charge is 0.344 e. The van der Waals surface area contributed by atoms with Crippen molar-refractivity contribution >= 4 is 27.9 Å². The maximum atomic E-state index is 12.4. The van der Waals surface area contributed by atoms with Gasteiger partial charge in [0.05, 0.1) is 17.2 Å². The van der Waals surface area contributed by atoms with Gasteiger partial charge in [-0.1, -0.05) is 41.4 Å². The lowest BCUT2D eigenvalue weighted by molar-refractivity contribution is 0.0318. The zero-order valence-electron chi connectivity index (χ0n) is 13.6. The van der Waals surface area contributed by atoms with Gasteiger partial charge in [-0.05, 0) is 49.7 Å². The van der Waals surface area contributed by atoms with E-state index in [0.29, 0.717) is 5.75 Å². The quantitative estimate of drug-likeness (QED) is 0.513. The topological polar surface area (TPSA) is 52.6 Å². The van der Waals surface area contributed by atoms with Crippen LogP contribution in [0.25, 0.3) is 0 Å². The molecule has 0 fully saturated rings. The molecule has 2 rings (SSSR count). The Labute approximate surface area is 149 Å². The van der Waals surface area contributed by atoms with Crippen molar-refractivity contribution in [3.05, 3.63) is 64.1 Å². The van der Waals surface area contributed by atoms with E-state index in [2.05, 4.69) is 15.9 Å². The Kier molecular flexibility index (Phi) is 6.55. The number of carbonyl (C=O) groups excluding carboxylic acids is 2. The summed E-state index contributed by atoms with van der Waals surface area (Å²) < 4.78 is 11.6. The predicted molar refractivity (Wildman–Crippen MR) is 95.3 cm³/mol. The minimum Gasteiger partial charge on any atom is -0.459 e. The molecule has 2 aromatic rings. The summed E-state index contributed by atoms with van der Waals surface area (Å²) in [7, 11) is 0. The second kappa shape index (κ2) is 8.64. The first-order valence-electron chi connectivity index (χ1n) is 7.79. The van der Waals surface area contributed by atoms with Crippen molar-refractivity contribution in [1.29, 1.82) is 0 Å². The highest BCUT2D eigenvalue weighted by molar-refractivity contribution is 9.10. The number of rotatable bonds is 6. The molecule has 0 radical (unpaired) electrons. The summed E-state index contributed by atoms with van der Waals surface area (Å²) in [4.78, 5) is 24.7. The second-order valence-corrected chi connectivity index (χ2v) is 6.31. The molecule has 0 aliphatic carbocycles. The van der Waals surface area contributed by atoms with Crippen LogP contribution in [0.15, 0.2) is 53.0 Å². The fourth-order valence-electron chi connectivity index (χ4n) is 2.22. The Morgan fingerprint density at radius 3 is 2.17 bits per heavy atom. The minimum atomic E-state index is -0.590. The molecule has 2 aromatic carbocycles. The van der Waals surface area contributed by atoms with Gasteiger partial charge in [0, 0.05) is 4.47 Å². The molecule has 0 N–H and O–H groups in total. The SMILES string of the molecule is CCCC(C)OC(=O)c1ccccc1C(=O)Oc1ccc(Br)cc1. The van der Waals surface area contributed by atoms with E-state index in [1.807, 2.05) is 13.8 Å². The number of halogens is 1. The molecule has 0 amide bonds. The van der Waals surface area contributed by atoms with E-state index in [-0.39, 0.29) is 17.2 Å². The van der Waals surface area contributed by atoms with Gasteiger partial charge in [0.15, 0.2) is 0 Å². The summed E-state index contributed by atoms with van der Waals surface area (Å²) in [6, 6.07) is 13.4. The molecule has 24 heavy (non-hydrogen) atoms. The third-order valence-electron chi connectivity index (χ3n) is 3.39. The fraction of sp³-hybridized carbons (Fsp3) is 0.263. The molecule has 0 spiro atoms. The summed E-state index contributed by atoms with van der Waals surface area (Å²) in [5, 5.41) is 0. The zero-order chi connectivity index (χ0) is 17.5. The largest absolute Gasteiger partial charge is 0.459 e. The van der Waals surface area contributed by atoms with E-state index < -0.39 is 11.9 Å². The summed E-state index contributed by atoms with van der Waals surface area (Å²) in [6.07, 6.45) is 1.50. The maximum absolute atomic E-state index is 12.4. The molecular weight excluding hydrogens is 372 g/mol. The number of esters is 2. The van der Waals surface area contributed by atoms with Gasteiger partial charge < -0.3 is 9.47 Å². The standard InChI is InChI=1S/C19H19BrO4/c1-3-6-13(2)23-18(21)16-7-4-5-8-17(16)19(22)24-15-11-9-14(20)10-12-15/h4-5,7-13H,3,6H2,1-2H3. The van der Waals surface area contributed by atoms with Gasteiger partial charge >= 0.3 is 11.9 Å². The first-order valence-corrected chi connectivity index (χ1v) is 8.58. The molecule has 5 heteroatoms. The van der Waals surface area contributed by atoms with Crippen molar-refractivity contribution in [3.63, 3.8) is 0 Å². The average molecular weight is 391 g/mol. The van der Waals surface area contributed by atoms with E-state index in [4.69, 9.17) is 9.47 Å². The molecule has 1 atom stereocenters. The molecule has 0 bridgehead atoms. The van der Waals surface area contributed by atoms with Crippen LogP contribution in [0.2, 0.25) is 0 Å². The highest BCUT2D eigenvalue weighted by Gasteiger charge is 2.20. The van der Waals surface area contributed by atoms with E-state index in [0.717, 1.165) is 17.3 Å². The van der Waals surface area contributed by atoms with Gasteiger partial charge in [0.1, 0.15) is 5.75 Å². The van der Waals surface area contributed by atoms with Gasteiger partial charge in [0.25, 0.3) is 0 Å². The van der Waals surface area contributed by atoms with Crippen LogP contribution in [0, 0.1) is 0 Å². The van der Waals surface area contributed by atoms with Crippen LogP contribution in [-0.2, 0) is 4.74 Å². The van der Waals surface area contributed by atoms with Gasteiger partial charge in [-0.15, -0.1) is 0 Å². The predicted octanol–water partition coefficient (Wildman–Crippen LogP) is 5.01. The van der Waals surface area contributed by atoms with Crippen molar-refractivity contribution in [2.45, 2.75) is 32.8 Å². The van der Waals surface area contributed by atoms with Crippen molar-refractivity contribution in [3.8, 4) is 5.75 Å². The molecule has 4 nitrogen and oxygen atoms in total. The zero-order valence-corrected chi connectivity index (χ0v) is 15.2. The summed E-state index contributed by atoms with van der Waals surface area (Å²) in [5.41, 5.74) is 0.400. The van der Waals surface area contributed by atoms with Gasteiger partial charge in [0.2, 0.25) is 0 Å². The molecule has 126 valence electrons. The first-order chi connectivity index (χ1) is 11.5. The van der Waals surface area contributed by atoms with Crippen LogP contribution < -0.4 is 4.74 Å². The Morgan fingerprint density at radius 1 is 1.00 bits per heavy atom. The Balaban J connectivity index is 2.16. The summed E-state index contributed by atoms with van der Waals surface area (Å²) in [5.74, 6) is -0.696. The summed E-state index contributed by atoms with van der Waals surface area (Å²) in [6.45, 7) is 3.86. The van der Waals surface area contributed by atoms with Gasteiger partial charge in [-0.3, -0.25) is 0 Å². The lowest BCUT2D eigenvalue weighted by Gasteiger charge is -2.14. The number of benzene rings is 2. The summed E-state index contributed by atoms with van der Waals surface area (Å²) >= 11 is 3.32. The van der Waals surface area contributed by atoms with Crippen LogP contribution in [-0.4, -0.2) is 18.0 Å². The number of hydrogen-bond donors (Lipinski definition) is 0. The number of ether oxygens (including phenoxy) is 2. The Morgan fingerprint density at radius 2 is 1.58 bits per heavy atom. The fourth-order valence-corrected chi connectivity index (χ4v) is 2.48. The van der Waals surface area contributed by atoms with Crippen LogP contribution in [0.5, 0.6) is 5.75 Å². The highest BCUT2D eigenvalue weighted by Crippen LogP contribution is 2.19. The molecule has 0 aliphatic heterocycles. The van der Waals surface area contributed by atoms with Crippen LogP contribution in [0.4, 0.5) is 0 Å². The van der Waals surface area contributed by atoms with Crippen molar-refractivity contribution in [2.24, 2.45) is 0 Å². The van der Waals surface area contributed by atoms with Crippen molar-refractivity contribution in [2.75, 3.05) is 0 Å². The number of hydrogen-bond acceptors (Lipinski definition) is 4. The Hall–Kier alpha value is -2.14. The lowest BCUT2D eigenvalue weighted by Crippen LogP contribution is -2.19. The Bertz CT molecular complexity index is 710. The van der Waals surface area contributed by atoms with Gasteiger partial charge in [-0.25, -0.2) is 9.59 Å². The maximum Gasteiger partial charge on any atom is 0.344 e. The van der Waals surface area contributed by atoms with Crippen molar-refractivity contribution in [1.82, 2.24) is 0 Å². The third-order valence-corrected chi connectivity index (χ3v) is 3.92. The lowest BCUT2D eigenvalue weighted by atomic mass is 10.1. The molecule has 0 saturated carbocycles. The molecular formula is C19H19BrO4. The van der Waals surface area contributed by atoms with Crippen LogP contribution in [0.1, 0.15) is 47.4 Å². The monoisotopic (exact) mass is 390 g/mol. The molecule has 1 unspecified atom stereocenters. The first kappa shape index (κ1) is 18.2. The third kappa shape index (κ3) is 4.93. The molecule has 0 heterocycles. The van der Waals surface area contributed by atoms with Gasteiger partial charge in [-0.2, -0.15) is 0 Å². The normalized spacial score (nSPS) is 11.6. The second-order valence-electron chi connectivity index (χ2n) is 5.39. The van der Waals surface area contributed by atoms with E-state index in [1.165, 1.54) is 0 Å². The molecule has 0 aromatic heterocycles. The van der Waals surface area contributed by atoms with E-state index >= 15 is 0 Å². The molecule has 0 saturated heterocycles. The van der Waals surface area contributed by atoms with E-state index in [9.17, 15) is 9.59 Å².